The summed E-state index contributed by atoms with van der Waals surface area (Å²) < 4.78 is 5.10. The Hall–Kier alpha value is -1.61. The summed E-state index contributed by atoms with van der Waals surface area (Å²) in [6.07, 6.45) is 0. The van der Waals surface area contributed by atoms with E-state index >= 15 is 0 Å². The number of ether oxygens (including phenoxy) is 1. The smallest absolute Gasteiger partial charge is 0.314 e. The fourth-order valence-corrected chi connectivity index (χ4v) is 3.11. The van der Waals surface area contributed by atoms with Gasteiger partial charge in [0.2, 0.25) is 0 Å². The molecule has 112 valence electrons. The molecule has 1 aromatic carbocycles. The van der Waals surface area contributed by atoms with E-state index in [0.717, 1.165) is 11.1 Å². The molecule has 1 aromatic rings. The first kappa shape index (κ1) is 15.8. The van der Waals surface area contributed by atoms with Crippen LogP contribution in [-0.4, -0.2) is 18.4 Å². The first-order chi connectivity index (χ1) is 9.83. The minimum absolute atomic E-state index is 0.0616. The van der Waals surface area contributed by atoms with Crippen molar-refractivity contribution in [1.82, 2.24) is 0 Å². The molecule has 0 bridgehead atoms. The molecule has 0 unspecified atom stereocenters. The van der Waals surface area contributed by atoms with Crippen LogP contribution in [0, 0.1) is 11.3 Å². The van der Waals surface area contributed by atoms with Crippen molar-refractivity contribution in [2.45, 2.75) is 27.7 Å². The van der Waals surface area contributed by atoms with Crippen molar-refractivity contribution in [3.8, 4) is 0 Å². The Morgan fingerprint density at radius 2 is 1.81 bits per heavy atom. The van der Waals surface area contributed by atoms with Gasteiger partial charge in [0.15, 0.2) is 5.78 Å². The van der Waals surface area contributed by atoms with Crippen LogP contribution in [0.1, 0.15) is 38.1 Å². The number of rotatable bonds is 4. The summed E-state index contributed by atoms with van der Waals surface area (Å²) in [6.45, 7) is 7.73. The second-order valence-electron chi connectivity index (χ2n) is 5.64. The molecule has 0 amide bonds. The van der Waals surface area contributed by atoms with Crippen LogP contribution in [0.2, 0.25) is 5.02 Å². The van der Waals surface area contributed by atoms with Gasteiger partial charge in [-0.25, -0.2) is 0 Å². The highest BCUT2D eigenvalue weighted by molar-refractivity contribution is 6.30. The number of esters is 1. The average molecular weight is 307 g/mol. The quantitative estimate of drug-likeness (QED) is 0.478. The highest BCUT2D eigenvalue weighted by atomic mass is 35.5. The predicted molar refractivity (Wildman–Crippen MR) is 82.4 cm³/mol. The van der Waals surface area contributed by atoms with Gasteiger partial charge >= 0.3 is 5.97 Å². The van der Waals surface area contributed by atoms with Gasteiger partial charge in [0.1, 0.15) is 0 Å². The van der Waals surface area contributed by atoms with Gasteiger partial charge in [-0.05, 0) is 57.5 Å². The maximum absolute atomic E-state index is 12.8. The number of carbonyl (C=O) groups is 2. The lowest BCUT2D eigenvalue weighted by molar-refractivity contribution is -0.145. The van der Waals surface area contributed by atoms with Crippen LogP contribution in [0.3, 0.4) is 0 Å². The number of Topliss-reactive ketones (excluding diaryl/α,β-unsaturated/α-hetero) is 1. The van der Waals surface area contributed by atoms with E-state index < -0.39 is 11.3 Å². The number of benzene rings is 1. The molecule has 1 aliphatic rings. The summed E-state index contributed by atoms with van der Waals surface area (Å²) in [7, 11) is 0. The molecule has 0 saturated heterocycles. The largest absolute Gasteiger partial charge is 0.465 e. The van der Waals surface area contributed by atoms with Gasteiger partial charge in [0.05, 0.1) is 17.9 Å². The van der Waals surface area contributed by atoms with Crippen molar-refractivity contribution in [3.63, 3.8) is 0 Å². The van der Waals surface area contributed by atoms with Gasteiger partial charge in [-0.3, -0.25) is 9.59 Å². The highest BCUT2D eigenvalue weighted by Crippen LogP contribution is 2.61. The van der Waals surface area contributed by atoms with Crippen LogP contribution in [0.25, 0.3) is 0 Å². The molecule has 4 heteroatoms. The number of hydrogen-bond acceptors (Lipinski definition) is 3. The first-order valence-corrected chi connectivity index (χ1v) is 7.36. The van der Waals surface area contributed by atoms with Crippen molar-refractivity contribution in [2.75, 3.05) is 6.61 Å². The number of halogens is 1. The lowest BCUT2D eigenvalue weighted by atomic mass is 9.93. The Morgan fingerprint density at radius 3 is 2.29 bits per heavy atom. The van der Waals surface area contributed by atoms with E-state index in [1.54, 1.807) is 31.2 Å². The third kappa shape index (κ3) is 2.62. The molecule has 0 N–H and O–H groups in total. The monoisotopic (exact) mass is 306 g/mol. The highest BCUT2D eigenvalue weighted by Gasteiger charge is 2.66. The third-order valence-electron chi connectivity index (χ3n) is 3.98. The van der Waals surface area contributed by atoms with Gasteiger partial charge in [0, 0.05) is 10.6 Å². The Balaban J connectivity index is 2.36. The van der Waals surface area contributed by atoms with Crippen molar-refractivity contribution >= 4 is 23.4 Å². The normalized spacial score (nSPS) is 23.7. The summed E-state index contributed by atoms with van der Waals surface area (Å²) in [6, 6.07) is 6.75. The zero-order valence-corrected chi connectivity index (χ0v) is 13.5. The van der Waals surface area contributed by atoms with Gasteiger partial charge in [-0.2, -0.15) is 0 Å². The topological polar surface area (TPSA) is 43.4 Å². The van der Waals surface area contributed by atoms with E-state index in [4.69, 9.17) is 16.3 Å². The second kappa shape index (κ2) is 5.64. The summed E-state index contributed by atoms with van der Waals surface area (Å²) in [5.41, 5.74) is 1.64. The van der Waals surface area contributed by atoms with Crippen LogP contribution >= 0.6 is 11.6 Å². The molecule has 0 aliphatic heterocycles. The lowest BCUT2D eigenvalue weighted by Crippen LogP contribution is -2.20. The molecule has 0 heterocycles. The van der Waals surface area contributed by atoms with Crippen LogP contribution in [0.5, 0.6) is 0 Å². The van der Waals surface area contributed by atoms with Crippen LogP contribution in [0.15, 0.2) is 35.4 Å². The Labute approximate surface area is 129 Å². The minimum Gasteiger partial charge on any atom is -0.465 e. The SMILES string of the molecule is CCOC(=O)[C@@H]1C(=C(C)C)[C@]1(C)C(=O)c1ccc(Cl)cc1. The Bertz CT molecular complexity index is 611. The molecule has 1 fully saturated rings. The van der Waals surface area contributed by atoms with Gasteiger partial charge in [0.25, 0.3) is 0 Å². The third-order valence-corrected chi connectivity index (χ3v) is 4.23. The molecule has 1 saturated carbocycles. The molecule has 21 heavy (non-hydrogen) atoms. The van der Waals surface area contributed by atoms with Crippen molar-refractivity contribution < 1.29 is 14.3 Å². The Morgan fingerprint density at radius 1 is 1.24 bits per heavy atom. The maximum atomic E-state index is 12.8. The molecule has 0 spiro atoms. The van der Waals surface area contributed by atoms with E-state index in [1.807, 2.05) is 20.8 Å². The molecule has 1 aliphatic carbocycles. The summed E-state index contributed by atoms with van der Waals surface area (Å²) in [5, 5.41) is 0.580. The van der Waals surface area contributed by atoms with Gasteiger partial charge in [-0.15, -0.1) is 0 Å². The number of carbonyl (C=O) groups excluding carboxylic acids is 2. The Kier molecular flexibility index (Phi) is 4.24. The first-order valence-electron chi connectivity index (χ1n) is 6.98. The standard InChI is InChI=1S/C17H19ClO3/c1-5-21-16(20)14-13(10(2)3)17(14,4)15(19)11-6-8-12(18)9-7-11/h6-9,14H,5H2,1-4H3/t14-,17-/m0/s1. The van der Waals surface area contributed by atoms with E-state index in [-0.39, 0.29) is 11.8 Å². The van der Waals surface area contributed by atoms with E-state index in [0.29, 0.717) is 17.2 Å². The van der Waals surface area contributed by atoms with Crippen LogP contribution in [-0.2, 0) is 9.53 Å². The fourth-order valence-electron chi connectivity index (χ4n) is 2.98. The second-order valence-corrected chi connectivity index (χ2v) is 6.07. The lowest BCUT2D eigenvalue weighted by Gasteiger charge is -2.09. The number of hydrogen-bond donors (Lipinski definition) is 0. The molecule has 3 nitrogen and oxygen atoms in total. The van der Waals surface area contributed by atoms with E-state index in [2.05, 4.69) is 0 Å². The van der Waals surface area contributed by atoms with Crippen LogP contribution in [0.4, 0.5) is 0 Å². The minimum atomic E-state index is -0.793. The molecule has 2 atom stereocenters. The molecular weight excluding hydrogens is 288 g/mol. The predicted octanol–water partition coefficient (Wildman–Crippen LogP) is 4.06. The van der Waals surface area contributed by atoms with Crippen molar-refractivity contribution in [1.29, 1.82) is 0 Å². The summed E-state index contributed by atoms with van der Waals surface area (Å²) in [5.74, 6) is -0.849. The van der Waals surface area contributed by atoms with Gasteiger partial charge in [-0.1, -0.05) is 17.2 Å². The average Bonchev–Trinajstić information content (AvgIpc) is 3.07. The van der Waals surface area contributed by atoms with E-state index in [1.165, 1.54) is 0 Å². The van der Waals surface area contributed by atoms with E-state index in [9.17, 15) is 9.59 Å². The van der Waals surface area contributed by atoms with Crippen molar-refractivity contribution in [2.24, 2.45) is 11.3 Å². The zero-order chi connectivity index (χ0) is 15.8. The maximum Gasteiger partial charge on any atom is 0.314 e. The number of ketones is 1. The summed E-state index contributed by atoms with van der Waals surface area (Å²) >= 11 is 5.85. The summed E-state index contributed by atoms with van der Waals surface area (Å²) in [4.78, 5) is 24.9. The van der Waals surface area contributed by atoms with Gasteiger partial charge < -0.3 is 4.74 Å². The fraction of sp³-hybridized carbons (Fsp3) is 0.412. The number of allylic oxidation sites excluding steroid dienone is 1. The van der Waals surface area contributed by atoms with Crippen LogP contribution < -0.4 is 0 Å². The molecule has 2 rings (SSSR count). The zero-order valence-electron chi connectivity index (χ0n) is 12.7. The molecular formula is C17H19ClO3. The molecule has 0 radical (unpaired) electrons. The molecule has 0 aromatic heterocycles. The van der Waals surface area contributed by atoms with Crippen molar-refractivity contribution in [3.05, 3.63) is 46.0 Å².